The highest BCUT2D eigenvalue weighted by Crippen LogP contribution is 2.49. The topological polar surface area (TPSA) is 71.7 Å². The summed E-state index contributed by atoms with van der Waals surface area (Å²) in [5, 5.41) is 9.87. The molecule has 0 fully saturated rings. The lowest BCUT2D eigenvalue weighted by molar-refractivity contribution is 0.453. The molecule has 7 rings (SSSR count). The van der Waals surface area contributed by atoms with Crippen LogP contribution in [0.2, 0.25) is 0 Å². The number of nitrogens with zero attached hydrogens (tertiary/aromatic N) is 4. The van der Waals surface area contributed by atoms with E-state index in [1.807, 2.05) is 115 Å². The van der Waals surface area contributed by atoms with Crippen LogP contribution in [0.4, 0.5) is 0 Å². The SMILES string of the molecule is N#Cc1ccc(C2c3ccccc3Oc3ccccc32)c(-c2nc(-c3ccccc3)nc(-c3ccccc3)n2)c1. The average molecular weight is 515 g/mol. The van der Waals surface area contributed by atoms with E-state index in [2.05, 4.69) is 18.2 Å². The molecule has 5 aromatic carbocycles. The standard InChI is InChI=1S/C35H22N4O/c36-22-23-19-20-26(32-27-15-7-9-17-30(27)40-31-18-10-8-16-28(31)32)29(21-23)35-38-33(24-11-3-1-4-12-24)37-34(39-35)25-13-5-2-6-14-25/h1-21,32H. The van der Waals surface area contributed by atoms with E-state index >= 15 is 0 Å². The van der Waals surface area contributed by atoms with E-state index in [1.54, 1.807) is 0 Å². The minimum Gasteiger partial charge on any atom is -0.457 e. The summed E-state index contributed by atoms with van der Waals surface area (Å²) in [5.74, 6) is 3.15. The molecule has 6 aromatic rings. The maximum Gasteiger partial charge on any atom is 0.164 e. The fourth-order valence-electron chi connectivity index (χ4n) is 5.25. The Hall–Kier alpha value is -5.60. The Labute approximate surface area is 232 Å². The third kappa shape index (κ3) is 4.18. The summed E-state index contributed by atoms with van der Waals surface area (Å²) in [5.41, 5.74) is 6.20. The maximum absolute atomic E-state index is 9.87. The molecule has 1 aliphatic rings. The number of aromatic nitrogens is 3. The molecule has 0 N–H and O–H groups in total. The molecule has 2 heterocycles. The molecule has 0 saturated heterocycles. The van der Waals surface area contributed by atoms with Gasteiger partial charge < -0.3 is 4.74 Å². The fraction of sp³-hybridized carbons (Fsp3) is 0.0286. The zero-order chi connectivity index (χ0) is 26.9. The van der Waals surface area contributed by atoms with Gasteiger partial charge in [-0.15, -0.1) is 0 Å². The van der Waals surface area contributed by atoms with E-state index in [0.717, 1.165) is 44.9 Å². The van der Waals surface area contributed by atoms with Gasteiger partial charge in [0.05, 0.1) is 11.6 Å². The van der Waals surface area contributed by atoms with Crippen LogP contribution in [0.5, 0.6) is 11.5 Å². The van der Waals surface area contributed by atoms with Crippen LogP contribution in [-0.4, -0.2) is 15.0 Å². The first kappa shape index (κ1) is 23.5. The minimum atomic E-state index is -0.138. The van der Waals surface area contributed by atoms with Crippen molar-refractivity contribution in [1.82, 2.24) is 15.0 Å². The van der Waals surface area contributed by atoms with E-state index in [1.165, 1.54) is 0 Å². The van der Waals surface area contributed by atoms with Crippen molar-refractivity contribution in [1.29, 1.82) is 5.26 Å². The molecule has 0 spiro atoms. The summed E-state index contributed by atoms with van der Waals surface area (Å²) in [6.45, 7) is 0. The Kier molecular flexibility index (Phi) is 5.84. The van der Waals surface area contributed by atoms with Gasteiger partial charge >= 0.3 is 0 Å². The quantitative estimate of drug-likeness (QED) is 0.238. The summed E-state index contributed by atoms with van der Waals surface area (Å²) in [6, 6.07) is 44.0. The van der Waals surface area contributed by atoms with Crippen LogP contribution in [0.25, 0.3) is 34.2 Å². The molecule has 0 saturated carbocycles. The second-order valence-electron chi connectivity index (χ2n) is 9.56. The highest BCUT2D eigenvalue weighted by molar-refractivity contribution is 5.72. The van der Waals surface area contributed by atoms with Crippen molar-refractivity contribution in [3.63, 3.8) is 0 Å². The molecule has 40 heavy (non-hydrogen) atoms. The summed E-state index contributed by atoms with van der Waals surface area (Å²) < 4.78 is 6.28. The number of rotatable bonds is 4. The monoisotopic (exact) mass is 514 g/mol. The number of hydrogen-bond donors (Lipinski definition) is 0. The highest BCUT2D eigenvalue weighted by Gasteiger charge is 2.31. The molecule has 0 atom stereocenters. The lowest BCUT2D eigenvalue weighted by Gasteiger charge is -2.29. The molecular formula is C35H22N4O. The van der Waals surface area contributed by atoms with Gasteiger partial charge in [0.15, 0.2) is 17.5 Å². The van der Waals surface area contributed by atoms with Gasteiger partial charge in [0.1, 0.15) is 11.5 Å². The van der Waals surface area contributed by atoms with Crippen LogP contribution in [-0.2, 0) is 0 Å². The van der Waals surface area contributed by atoms with Crippen LogP contribution in [0.15, 0.2) is 127 Å². The molecule has 0 aliphatic carbocycles. The first-order valence-corrected chi connectivity index (χ1v) is 13.1. The van der Waals surface area contributed by atoms with E-state index < -0.39 is 0 Å². The van der Waals surface area contributed by atoms with Crippen LogP contribution < -0.4 is 4.74 Å². The number of nitriles is 1. The first-order valence-electron chi connectivity index (χ1n) is 13.1. The van der Waals surface area contributed by atoms with Gasteiger partial charge in [0, 0.05) is 33.7 Å². The second-order valence-corrected chi connectivity index (χ2v) is 9.56. The smallest absolute Gasteiger partial charge is 0.164 e. The molecule has 0 amide bonds. The zero-order valence-corrected chi connectivity index (χ0v) is 21.4. The Bertz CT molecular complexity index is 1790. The molecule has 5 heteroatoms. The van der Waals surface area contributed by atoms with Crippen molar-refractivity contribution in [2.75, 3.05) is 0 Å². The predicted octanol–water partition coefficient (Wildman–Crippen LogP) is 8.03. The Morgan fingerprint density at radius 1 is 0.525 bits per heavy atom. The van der Waals surface area contributed by atoms with Crippen LogP contribution in [0.1, 0.15) is 28.2 Å². The largest absolute Gasteiger partial charge is 0.457 e. The lowest BCUT2D eigenvalue weighted by atomic mass is 9.80. The van der Waals surface area contributed by atoms with Gasteiger partial charge in [-0.2, -0.15) is 5.26 Å². The van der Waals surface area contributed by atoms with Crippen LogP contribution >= 0.6 is 0 Å². The Morgan fingerprint density at radius 2 is 1.02 bits per heavy atom. The van der Waals surface area contributed by atoms with Gasteiger partial charge in [0.2, 0.25) is 0 Å². The zero-order valence-electron chi connectivity index (χ0n) is 21.4. The average Bonchev–Trinajstić information content (AvgIpc) is 3.04. The predicted molar refractivity (Wildman–Crippen MR) is 155 cm³/mol. The minimum absolute atomic E-state index is 0.138. The normalized spacial score (nSPS) is 12.1. The van der Waals surface area contributed by atoms with Crippen molar-refractivity contribution in [2.45, 2.75) is 5.92 Å². The molecule has 0 unspecified atom stereocenters. The van der Waals surface area contributed by atoms with Gasteiger partial charge in [0.25, 0.3) is 0 Å². The van der Waals surface area contributed by atoms with Gasteiger partial charge in [-0.3, -0.25) is 0 Å². The van der Waals surface area contributed by atoms with E-state index in [4.69, 9.17) is 19.7 Å². The van der Waals surface area contributed by atoms with Crippen molar-refractivity contribution in [2.24, 2.45) is 0 Å². The third-order valence-electron chi connectivity index (χ3n) is 7.11. The summed E-state index contributed by atoms with van der Waals surface area (Å²) in [4.78, 5) is 14.8. The van der Waals surface area contributed by atoms with Crippen LogP contribution in [0, 0.1) is 11.3 Å². The molecule has 0 radical (unpaired) electrons. The highest BCUT2D eigenvalue weighted by atomic mass is 16.5. The maximum atomic E-state index is 9.87. The lowest BCUT2D eigenvalue weighted by Crippen LogP contribution is -2.13. The van der Waals surface area contributed by atoms with Gasteiger partial charge in [-0.05, 0) is 29.8 Å². The molecule has 188 valence electrons. The molecule has 0 bridgehead atoms. The van der Waals surface area contributed by atoms with E-state index in [-0.39, 0.29) is 5.92 Å². The Balaban J connectivity index is 1.50. The molecular weight excluding hydrogens is 492 g/mol. The fourth-order valence-corrected chi connectivity index (χ4v) is 5.25. The number of fused-ring (bicyclic) bond motifs is 2. The van der Waals surface area contributed by atoms with E-state index in [0.29, 0.717) is 23.0 Å². The number of ether oxygens (including phenoxy) is 1. The number of hydrogen-bond acceptors (Lipinski definition) is 5. The van der Waals surface area contributed by atoms with Crippen molar-refractivity contribution in [3.8, 4) is 51.7 Å². The summed E-state index contributed by atoms with van der Waals surface area (Å²) in [7, 11) is 0. The molecule has 5 nitrogen and oxygen atoms in total. The van der Waals surface area contributed by atoms with Gasteiger partial charge in [-0.25, -0.2) is 15.0 Å². The summed E-state index contributed by atoms with van der Waals surface area (Å²) in [6.07, 6.45) is 0. The van der Waals surface area contributed by atoms with Crippen molar-refractivity contribution < 1.29 is 4.74 Å². The van der Waals surface area contributed by atoms with E-state index in [9.17, 15) is 5.26 Å². The number of benzene rings is 5. The van der Waals surface area contributed by atoms with Crippen molar-refractivity contribution in [3.05, 3.63) is 150 Å². The van der Waals surface area contributed by atoms with Crippen molar-refractivity contribution >= 4 is 0 Å². The Morgan fingerprint density at radius 3 is 1.57 bits per heavy atom. The molecule has 1 aromatic heterocycles. The molecule has 1 aliphatic heterocycles. The van der Waals surface area contributed by atoms with Crippen LogP contribution in [0.3, 0.4) is 0 Å². The van der Waals surface area contributed by atoms with Gasteiger partial charge in [-0.1, -0.05) is 103 Å². The second kappa shape index (κ2) is 9.94. The summed E-state index contributed by atoms with van der Waals surface area (Å²) >= 11 is 0. The number of para-hydroxylation sites is 2. The first-order chi connectivity index (χ1) is 19.8. The third-order valence-corrected chi connectivity index (χ3v) is 7.11.